The summed E-state index contributed by atoms with van der Waals surface area (Å²) in [4.78, 5) is 9.72. The Labute approximate surface area is 113 Å². The summed E-state index contributed by atoms with van der Waals surface area (Å²) < 4.78 is 38.0. The summed E-state index contributed by atoms with van der Waals surface area (Å²) in [6, 6.07) is 0. The maximum Gasteiger partial charge on any atom is 0.374 e. The Morgan fingerprint density at radius 3 is 1.95 bits per heavy atom. The zero-order chi connectivity index (χ0) is 15.2. The Kier molecular flexibility index (Phi) is 7.95. The molecule has 0 aliphatic heterocycles. The van der Waals surface area contributed by atoms with Gasteiger partial charge in [0, 0.05) is 21.3 Å². The van der Waals surface area contributed by atoms with Crippen molar-refractivity contribution in [1.82, 2.24) is 0 Å². The minimum atomic E-state index is -4.59. The van der Waals surface area contributed by atoms with E-state index in [9.17, 15) is 19.1 Å². The van der Waals surface area contributed by atoms with Gasteiger partial charge in [0.2, 0.25) is 0 Å². The van der Waals surface area contributed by atoms with Gasteiger partial charge < -0.3 is 29.3 Å². The van der Waals surface area contributed by atoms with E-state index >= 15 is 0 Å². The molecule has 0 aromatic carbocycles. The molecule has 0 aromatic rings. The van der Waals surface area contributed by atoms with Crippen LogP contribution in [0.15, 0.2) is 0 Å². The van der Waals surface area contributed by atoms with Crippen molar-refractivity contribution in [3.63, 3.8) is 0 Å². The van der Waals surface area contributed by atoms with Crippen molar-refractivity contribution in [2.24, 2.45) is 5.73 Å². The van der Waals surface area contributed by atoms with Crippen molar-refractivity contribution < 1.29 is 32.7 Å². The van der Waals surface area contributed by atoms with E-state index < -0.39 is 20.3 Å². The predicted octanol–water partition coefficient (Wildman–Crippen LogP) is 1.47. The van der Waals surface area contributed by atoms with Gasteiger partial charge in [-0.15, -0.1) is 0 Å². The fraction of sp³-hybridized carbons (Fsp3) is 1.00. The Morgan fingerprint density at radius 2 is 1.58 bits per heavy atom. The number of aliphatic hydroxyl groups is 1. The molecule has 0 fully saturated rings. The maximum atomic E-state index is 12.3. The first kappa shape index (κ1) is 19.2. The molecule has 0 radical (unpaired) electrons. The molecule has 19 heavy (non-hydrogen) atoms. The predicted molar refractivity (Wildman–Crippen MR) is 70.9 cm³/mol. The van der Waals surface area contributed by atoms with Crippen molar-refractivity contribution in [1.29, 1.82) is 0 Å². The van der Waals surface area contributed by atoms with E-state index in [2.05, 4.69) is 13.6 Å². The topological polar surface area (TPSA) is 128 Å². The van der Waals surface area contributed by atoms with E-state index in [-0.39, 0.29) is 6.42 Å². The normalized spacial score (nSPS) is 18.8. The highest BCUT2D eigenvalue weighted by molar-refractivity contribution is 7.73. The summed E-state index contributed by atoms with van der Waals surface area (Å²) in [7, 11) is -5.78. The molecule has 2 atom stereocenters. The molecule has 0 heterocycles. The average Bonchev–Trinajstić information content (AvgIpc) is 2.41. The molecule has 116 valence electrons. The van der Waals surface area contributed by atoms with Crippen LogP contribution in [0.5, 0.6) is 0 Å². The molecule has 0 aromatic heterocycles. The Bertz CT molecular complexity index is 356. The first-order valence-corrected chi connectivity index (χ1v) is 8.89. The fourth-order valence-corrected chi connectivity index (χ4v) is 5.50. The van der Waals surface area contributed by atoms with E-state index in [0.29, 0.717) is 25.8 Å². The molecule has 10 heteroatoms. The van der Waals surface area contributed by atoms with Crippen LogP contribution < -0.4 is 5.73 Å². The smallest absolute Gasteiger partial charge is 0.368 e. The third kappa shape index (κ3) is 4.09. The second-order valence-corrected chi connectivity index (χ2v) is 8.90. The maximum absolute atomic E-state index is 12.3. The molecule has 0 aliphatic carbocycles. The van der Waals surface area contributed by atoms with Gasteiger partial charge in [-0.05, 0) is 25.8 Å². The summed E-state index contributed by atoms with van der Waals surface area (Å²) in [5.74, 6) is 0. The molecular weight excluding hydrogens is 296 g/mol. The molecule has 0 spiro atoms. The van der Waals surface area contributed by atoms with Gasteiger partial charge in [-0.2, -0.15) is 0 Å². The summed E-state index contributed by atoms with van der Waals surface area (Å²) in [6.07, 6.45) is 1.37. The SMILES string of the molecule is COP(=O)(O)C(O)(CCCCCN)P(=O)(OC)OC. The lowest BCUT2D eigenvalue weighted by Gasteiger charge is -2.34. The molecule has 4 N–H and O–H groups in total. The fourth-order valence-electron chi connectivity index (χ4n) is 1.63. The van der Waals surface area contributed by atoms with Gasteiger partial charge in [0.05, 0.1) is 0 Å². The van der Waals surface area contributed by atoms with Crippen molar-refractivity contribution >= 4 is 15.2 Å². The molecule has 2 unspecified atom stereocenters. The van der Waals surface area contributed by atoms with E-state index in [4.69, 9.17) is 5.73 Å². The van der Waals surface area contributed by atoms with Gasteiger partial charge in [0.25, 0.3) is 5.08 Å². The van der Waals surface area contributed by atoms with Crippen LogP contribution in [0.1, 0.15) is 25.7 Å². The molecule has 0 amide bonds. The van der Waals surface area contributed by atoms with Crippen molar-refractivity contribution in [2.45, 2.75) is 30.8 Å². The molecular formula is C9H23NO7P2. The highest BCUT2D eigenvalue weighted by Crippen LogP contribution is 2.75. The number of hydrogen-bond acceptors (Lipinski definition) is 7. The van der Waals surface area contributed by atoms with E-state index in [0.717, 1.165) is 21.3 Å². The summed E-state index contributed by atoms with van der Waals surface area (Å²) >= 11 is 0. The zero-order valence-electron chi connectivity index (χ0n) is 11.4. The molecule has 0 aliphatic rings. The van der Waals surface area contributed by atoms with E-state index in [1.54, 1.807) is 0 Å². The van der Waals surface area contributed by atoms with Gasteiger partial charge >= 0.3 is 15.2 Å². The van der Waals surface area contributed by atoms with Crippen LogP contribution in [0.25, 0.3) is 0 Å². The number of rotatable bonds is 10. The third-order valence-corrected chi connectivity index (χ3v) is 8.01. The van der Waals surface area contributed by atoms with Crippen LogP contribution in [0.4, 0.5) is 0 Å². The minimum Gasteiger partial charge on any atom is -0.368 e. The van der Waals surface area contributed by atoms with Gasteiger partial charge in [0.1, 0.15) is 0 Å². The van der Waals surface area contributed by atoms with Crippen molar-refractivity contribution in [2.75, 3.05) is 27.9 Å². The quantitative estimate of drug-likeness (QED) is 0.408. The monoisotopic (exact) mass is 319 g/mol. The van der Waals surface area contributed by atoms with Crippen molar-refractivity contribution in [3.8, 4) is 0 Å². The standard InChI is InChI=1S/C9H23NO7P2/c1-15-18(12,13)9(11,7-5-4-6-8-10)19(14,16-2)17-3/h11H,4-8,10H2,1-3H3,(H,12,13). The largest absolute Gasteiger partial charge is 0.374 e. The molecule has 0 saturated carbocycles. The van der Waals surface area contributed by atoms with Crippen molar-refractivity contribution in [3.05, 3.63) is 0 Å². The van der Waals surface area contributed by atoms with Gasteiger partial charge in [-0.25, -0.2) is 0 Å². The summed E-state index contributed by atoms with van der Waals surface area (Å²) in [5, 5.41) is 7.78. The van der Waals surface area contributed by atoms with E-state index in [1.165, 1.54) is 0 Å². The summed E-state index contributed by atoms with van der Waals surface area (Å²) in [5.41, 5.74) is 5.33. The highest BCUT2D eigenvalue weighted by atomic mass is 31.2. The minimum absolute atomic E-state index is 0.256. The van der Waals surface area contributed by atoms with Gasteiger partial charge in [-0.1, -0.05) is 6.42 Å². The van der Waals surface area contributed by atoms with Crippen LogP contribution >= 0.6 is 15.2 Å². The first-order valence-electron chi connectivity index (χ1n) is 5.77. The molecule has 0 rings (SSSR count). The number of unbranched alkanes of at least 4 members (excludes halogenated alkanes) is 2. The summed E-state index contributed by atoms with van der Waals surface area (Å²) in [6.45, 7) is 0.464. The molecule has 0 saturated heterocycles. The van der Waals surface area contributed by atoms with Crippen LogP contribution in [0.3, 0.4) is 0 Å². The van der Waals surface area contributed by atoms with Crippen LogP contribution in [0.2, 0.25) is 0 Å². The first-order chi connectivity index (χ1) is 8.74. The number of nitrogens with two attached hydrogens (primary N) is 1. The third-order valence-electron chi connectivity index (χ3n) is 2.84. The van der Waals surface area contributed by atoms with Gasteiger partial charge in [0.15, 0.2) is 0 Å². The number of hydrogen-bond donors (Lipinski definition) is 3. The van der Waals surface area contributed by atoms with Crippen LogP contribution in [-0.2, 0) is 22.7 Å². The highest BCUT2D eigenvalue weighted by Gasteiger charge is 2.62. The lowest BCUT2D eigenvalue weighted by molar-refractivity contribution is 0.101. The van der Waals surface area contributed by atoms with E-state index in [1.807, 2.05) is 0 Å². The Morgan fingerprint density at radius 1 is 1.05 bits per heavy atom. The second-order valence-electron chi connectivity index (χ2n) is 3.94. The second kappa shape index (κ2) is 7.86. The lowest BCUT2D eigenvalue weighted by Crippen LogP contribution is -2.31. The Balaban J connectivity index is 5.26. The van der Waals surface area contributed by atoms with Crippen LogP contribution in [-0.4, -0.2) is 43.0 Å². The average molecular weight is 319 g/mol. The Hall–Kier alpha value is 0.220. The zero-order valence-corrected chi connectivity index (χ0v) is 13.2. The molecule has 8 nitrogen and oxygen atoms in total. The van der Waals surface area contributed by atoms with Gasteiger partial charge in [-0.3, -0.25) is 9.13 Å². The lowest BCUT2D eigenvalue weighted by atomic mass is 10.2. The van der Waals surface area contributed by atoms with Crippen LogP contribution in [0, 0.1) is 0 Å². The molecule has 0 bridgehead atoms.